The number of carbonyl (C=O) groups excluding carboxylic acids is 2. The normalized spacial score (nSPS) is 18.5. The van der Waals surface area contributed by atoms with Crippen LogP contribution in [0, 0.1) is 12.8 Å². The molecule has 0 saturated carbocycles. The topological polar surface area (TPSA) is 108 Å². The van der Waals surface area contributed by atoms with Crippen molar-refractivity contribution in [2.24, 2.45) is 11.0 Å². The highest BCUT2D eigenvalue weighted by Gasteiger charge is 2.40. The Morgan fingerprint density at radius 3 is 2.47 bits per heavy atom. The van der Waals surface area contributed by atoms with Gasteiger partial charge in [-0.1, -0.05) is 48.5 Å². The van der Waals surface area contributed by atoms with E-state index in [1.54, 1.807) is 6.92 Å². The number of amides is 2. The summed E-state index contributed by atoms with van der Waals surface area (Å²) in [6, 6.07) is 18.6. The molecule has 152 valence electrons. The number of nitrogens with one attached hydrogen (secondary N) is 3. The number of aryl methyl sites for hydroxylation is 1. The lowest BCUT2D eigenvalue weighted by Crippen LogP contribution is -2.34. The third kappa shape index (κ3) is 3.67. The first-order valence-electron chi connectivity index (χ1n) is 9.59. The predicted molar refractivity (Wildman–Crippen MR) is 113 cm³/mol. The van der Waals surface area contributed by atoms with Crippen LogP contribution in [0.1, 0.15) is 22.7 Å². The number of rotatable bonds is 5. The molecule has 3 aromatic rings. The summed E-state index contributed by atoms with van der Waals surface area (Å²) >= 11 is 0. The Bertz CT molecular complexity index is 1150. The van der Waals surface area contributed by atoms with Crippen molar-refractivity contribution < 1.29 is 9.59 Å². The van der Waals surface area contributed by atoms with Crippen molar-refractivity contribution in [2.75, 3.05) is 6.54 Å². The second kappa shape index (κ2) is 8.20. The summed E-state index contributed by atoms with van der Waals surface area (Å²) in [6.45, 7) is 2.14. The van der Waals surface area contributed by atoms with Gasteiger partial charge in [0.05, 0.1) is 17.5 Å². The molecule has 1 aromatic heterocycles. The van der Waals surface area contributed by atoms with Gasteiger partial charge in [0, 0.05) is 18.2 Å². The van der Waals surface area contributed by atoms with Gasteiger partial charge in [-0.25, -0.2) is 10.1 Å². The molecule has 4 rings (SSSR count). The number of para-hydroxylation sites is 1. The molecule has 3 N–H and O–H groups in total. The molecule has 2 aromatic carbocycles. The minimum absolute atomic E-state index is 0.266. The van der Waals surface area contributed by atoms with Crippen molar-refractivity contribution in [1.29, 1.82) is 0 Å². The Balaban J connectivity index is 1.51. The summed E-state index contributed by atoms with van der Waals surface area (Å²) in [5, 5.41) is 9.67. The molecule has 0 bridgehead atoms. The maximum absolute atomic E-state index is 12.7. The van der Waals surface area contributed by atoms with E-state index in [1.165, 1.54) is 10.9 Å². The summed E-state index contributed by atoms with van der Waals surface area (Å²) in [5.74, 6) is -1.98. The van der Waals surface area contributed by atoms with Crippen LogP contribution in [0.5, 0.6) is 0 Å². The number of hydrazone groups is 1. The van der Waals surface area contributed by atoms with Crippen LogP contribution in [0.4, 0.5) is 0 Å². The minimum atomic E-state index is -0.877. The third-order valence-electron chi connectivity index (χ3n) is 5.19. The van der Waals surface area contributed by atoms with Gasteiger partial charge in [-0.05, 0) is 24.6 Å². The number of nitrogens with zero attached hydrogens (tertiary/aromatic N) is 2. The van der Waals surface area contributed by atoms with Crippen LogP contribution in [0.15, 0.2) is 70.6 Å². The van der Waals surface area contributed by atoms with Crippen LogP contribution in [0.25, 0.3) is 5.69 Å². The Labute approximate surface area is 172 Å². The average molecular weight is 403 g/mol. The largest absolute Gasteiger partial charge is 0.355 e. The molecular formula is C22H21N5O3. The van der Waals surface area contributed by atoms with Gasteiger partial charge in [-0.2, -0.15) is 5.10 Å². The molecule has 0 radical (unpaired) electrons. The van der Waals surface area contributed by atoms with Crippen LogP contribution in [-0.2, 0) is 9.59 Å². The lowest BCUT2D eigenvalue weighted by Gasteiger charge is -2.15. The van der Waals surface area contributed by atoms with E-state index in [-0.39, 0.29) is 17.4 Å². The summed E-state index contributed by atoms with van der Waals surface area (Å²) in [7, 11) is 0. The fourth-order valence-electron chi connectivity index (χ4n) is 3.63. The Kier molecular flexibility index (Phi) is 5.30. The molecular weight excluding hydrogens is 382 g/mol. The first-order valence-corrected chi connectivity index (χ1v) is 9.59. The van der Waals surface area contributed by atoms with Gasteiger partial charge in [0.25, 0.3) is 11.5 Å². The maximum Gasteiger partial charge on any atom is 0.280 e. The van der Waals surface area contributed by atoms with Crippen molar-refractivity contribution in [3.05, 3.63) is 87.8 Å². The van der Waals surface area contributed by atoms with E-state index in [4.69, 9.17) is 0 Å². The number of hydrogen-bond acceptors (Lipinski definition) is 4. The third-order valence-corrected chi connectivity index (χ3v) is 5.19. The van der Waals surface area contributed by atoms with Gasteiger partial charge in [-0.3, -0.25) is 19.5 Å². The van der Waals surface area contributed by atoms with Crippen molar-refractivity contribution >= 4 is 18.0 Å². The van der Waals surface area contributed by atoms with Crippen LogP contribution in [0.3, 0.4) is 0 Å². The molecule has 0 unspecified atom stereocenters. The number of hydrogen-bond donors (Lipinski definition) is 3. The Hall–Kier alpha value is -3.94. The zero-order valence-corrected chi connectivity index (χ0v) is 16.3. The van der Waals surface area contributed by atoms with Crippen LogP contribution < -0.4 is 16.3 Å². The van der Waals surface area contributed by atoms with Crippen molar-refractivity contribution in [2.45, 2.75) is 12.8 Å². The molecule has 30 heavy (non-hydrogen) atoms. The summed E-state index contributed by atoms with van der Waals surface area (Å²) in [6.07, 6.45) is 1.30. The SMILES string of the molecule is Cc1[nH]n(-c2ccccc2)c(=O)c1/C=N\NC(=O)[C@H]1C(=O)NC[C@@H]1c1ccccc1. The van der Waals surface area contributed by atoms with Gasteiger partial charge < -0.3 is 5.32 Å². The molecule has 1 saturated heterocycles. The smallest absolute Gasteiger partial charge is 0.280 e. The average Bonchev–Trinajstić information content (AvgIpc) is 3.29. The molecule has 0 spiro atoms. The summed E-state index contributed by atoms with van der Waals surface area (Å²) < 4.78 is 1.41. The zero-order chi connectivity index (χ0) is 21.1. The number of aromatic amines is 1. The van der Waals surface area contributed by atoms with E-state index in [0.29, 0.717) is 23.5 Å². The fourth-order valence-corrected chi connectivity index (χ4v) is 3.63. The number of H-pyrrole nitrogens is 1. The first-order chi connectivity index (χ1) is 14.6. The first kappa shape index (κ1) is 19.4. The Morgan fingerprint density at radius 1 is 1.10 bits per heavy atom. The molecule has 8 heteroatoms. The van der Waals surface area contributed by atoms with Gasteiger partial charge in [0.2, 0.25) is 5.91 Å². The molecule has 1 aliphatic heterocycles. The van der Waals surface area contributed by atoms with Crippen molar-refractivity contribution in [3.63, 3.8) is 0 Å². The number of benzene rings is 2. The van der Waals surface area contributed by atoms with E-state index >= 15 is 0 Å². The quantitative estimate of drug-likeness (QED) is 0.341. The molecule has 0 aliphatic carbocycles. The molecule has 2 amide bonds. The fraction of sp³-hybridized carbons (Fsp3) is 0.182. The number of aromatic nitrogens is 2. The van der Waals surface area contributed by atoms with E-state index in [9.17, 15) is 14.4 Å². The lowest BCUT2D eigenvalue weighted by atomic mass is 9.88. The van der Waals surface area contributed by atoms with E-state index in [0.717, 1.165) is 5.56 Å². The minimum Gasteiger partial charge on any atom is -0.355 e. The van der Waals surface area contributed by atoms with E-state index < -0.39 is 11.8 Å². The van der Waals surface area contributed by atoms with Crippen molar-refractivity contribution in [3.8, 4) is 5.69 Å². The van der Waals surface area contributed by atoms with E-state index in [1.807, 2.05) is 60.7 Å². The van der Waals surface area contributed by atoms with Gasteiger partial charge >= 0.3 is 0 Å². The maximum atomic E-state index is 12.7. The predicted octanol–water partition coefficient (Wildman–Crippen LogP) is 1.45. The molecule has 2 heterocycles. The van der Waals surface area contributed by atoms with E-state index in [2.05, 4.69) is 20.9 Å². The standard InChI is InChI=1S/C22H21N5O3/c1-14-17(22(30)27(26-14)16-10-6-3-7-11-16)13-24-25-21(29)19-18(12-23-20(19)28)15-8-4-2-5-9-15/h2-11,13,18-19,26H,12H2,1H3,(H,23,28)(H,25,29)/b24-13-/t18-,19-/m1/s1. The zero-order valence-electron chi connectivity index (χ0n) is 16.3. The summed E-state index contributed by atoms with van der Waals surface area (Å²) in [5.41, 5.74) is 4.68. The number of carbonyl (C=O) groups is 2. The molecule has 1 fully saturated rings. The van der Waals surface area contributed by atoms with Crippen LogP contribution in [0.2, 0.25) is 0 Å². The Morgan fingerprint density at radius 2 is 1.77 bits per heavy atom. The monoisotopic (exact) mass is 403 g/mol. The second-order valence-electron chi connectivity index (χ2n) is 7.10. The highest BCUT2D eigenvalue weighted by Crippen LogP contribution is 2.28. The highest BCUT2D eigenvalue weighted by atomic mass is 16.2. The van der Waals surface area contributed by atoms with Gasteiger partial charge in [0.1, 0.15) is 5.92 Å². The van der Waals surface area contributed by atoms with Crippen LogP contribution in [-0.4, -0.2) is 34.4 Å². The highest BCUT2D eigenvalue weighted by molar-refractivity contribution is 6.03. The van der Waals surface area contributed by atoms with Crippen LogP contribution >= 0.6 is 0 Å². The lowest BCUT2D eigenvalue weighted by molar-refractivity contribution is -0.133. The van der Waals surface area contributed by atoms with Gasteiger partial charge in [-0.15, -0.1) is 0 Å². The van der Waals surface area contributed by atoms with Gasteiger partial charge in [0.15, 0.2) is 0 Å². The second-order valence-corrected chi connectivity index (χ2v) is 7.10. The molecule has 1 aliphatic rings. The summed E-state index contributed by atoms with van der Waals surface area (Å²) in [4.78, 5) is 37.5. The molecule has 2 atom stereocenters. The van der Waals surface area contributed by atoms with Crippen molar-refractivity contribution in [1.82, 2.24) is 20.5 Å². The molecule has 8 nitrogen and oxygen atoms in total.